The van der Waals surface area contributed by atoms with Crippen molar-refractivity contribution in [2.45, 2.75) is 6.10 Å². The van der Waals surface area contributed by atoms with Crippen LogP contribution in [0.1, 0.15) is 0 Å². The predicted molar refractivity (Wildman–Crippen MR) is 57.1 cm³/mol. The molecule has 16 heavy (non-hydrogen) atoms. The van der Waals surface area contributed by atoms with Crippen molar-refractivity contribution in [3.63, 3.8) is 0 Å². The first-order valence-electron chi connectivity index (χ1n) is 4.77. The molecule has 1 atom stereocenters. The maximum Gasteiger partial charge on any atom is 0.264 e. The lowest BCUT2D eigenvalue weighted by Crippen LogP contribution is -2.34. The van der Waals surface area contributed by atoms with Gasteiger partial charge in [0.05, 0.1) is 6.26 Å². The van der Waals surface area contributed by atoms with Gasteiger partial charge in [0.1, 0.15) is 13.2 Å². The lowest BCUT2D eigenvalue weighted by atomic mass is 10.3. The third-order valence-corrected chi connectivity index (χ3v) is 2.60. The number of para-hydroxylation sites is 2. The van der Waals surface area contributed by atoms with Gasteiger partial charge >= 0.3 is 0 Å². The first-order chi connectivity index (χ1) is 7.54. The summed E-state index contributed by atoms with van der Waals surface area (Å²) in [5, 5.41) is 0. The van der Waals surface area contributed by atoms with E-state index in [1.807, 2.05) is 12.1 Å². The summed E-state index contributed by atoms with van der Waals surface area (Å²) in [5.74, 6) is 1.27. The van der Waals surface area contributed by atoms with Gasteiger partial charge in [-0.05, 0) is 12.1 Å². The average Bonchev–Trinajstić information content (AvgIpc) is 2.25. The second-order valence-electron chi connectivity index (χ2n) is 3.49. The van der Waals surface area contributed by atoms with Crippen LogP contribution in [0, 0.1) is 0 Å². The molecule has 2 rings (SSSR count). The average molecular weight is 244 g/mol. The van der Waals surface area contributed by atoms with Crippen molar-refractivity contribution < 1.29 is 22.1 Å². The fourth-order valence-corrected chi connectivity index (χ4v) is 1.74. The number of hydrogen-bond acceptors (Lipinski definition) is 5. The van der Waals surface area contributed by atoms with E-state index in [0.717, 1.165) is 6.26 Å². The van der Waals surface area contributed by atoms with Gasteiger partial charge in [0, 0.05) is 0 Å². The molecule has 0 bridgehead atoms. The highest BCUT2D eigenvalue weighted by molar-refractivity contribution is 7.85. The minimum absolute atomic E-state index is 0.0346. The van der Waals surface area contributed by atoms with Crippen LogP contribution in [0.2, 0.25) is 0 Å². The Morgan fingerprint density at radius 2 is 2.06 bits per heavy atom. The molecule has 0 aromatic heterocycles. The van der Waals surface area contributed by atoms with Crippen molar-refractivity contribution in [2.24, 2.45) is 0 Å². The van der Waals surface area contributed by atoms with Crippen molar-refractivity contribution in [3.05, 3.63) is 24.3 Å². The Morgan fingerprint density at radius 1 is 1.38 bits per heavy atom. The van der Waals surface area contributed by atoms with Crippen LogP contribution in [0.15, 0.2) is 24.3 Å². The van der Waals surface area contributed by atoms with Crippen LogP contribution in [-0.4, -0.2) is 34.0 Å². The molecular formula is C10H12O5S. The molecule has 1 aromatic rings. The maximum atomic E-state index is 10.8. The molecule has 5 nitrogen and oxygen atoms in total. The number of benzene rings is 1. The molecule has 1 unspecified atom stereocenters. The molecule has 6 heteroatoms. The number of ether oxygens (including phenoxy) is 2. The Bertz CT molecular complexity index is 468. The molecule has 1 aliphatic heterocycles. The van der Waals surface area contributed by atoms with Gasteiger partial charge in [-0.1, -0.05) is 12.1 Å². The minimum Gasteiger partial charge on any atom is -0.486 e. The van der Waals surface area contributed by atoms with E-state index in [9.17, 15) is 8.42 Å². The molecule has 0 amide bonds. The summed E-state index contributed by atoms with van der Waals surface area (Å²) < 4.78 is 37.2. The van der Waals surface area contributed by atoms with Gasteiger partial charge in [-0.25, -0.2) is 0 Å². The molecule has 0 saturated carbocycles. The molecule has 1 aromatic carbocycles. The van der Waals surface area contributed by atoms with Crippen molar-refractivity contribution in [2.75, 3.05) is 19.5 Å². The standard InChI is InChI=1S/C10H12O5S/c1-16(11,12)14-7-8-6-13-9-4-2-3-5-10(9)15-8/h2-5,8H,6-7H2,1H3. The van der Waals surface area contributed by atoms with Gasteiger partial charge < -0.3 is 9.47 Å². The van der Waals surface area contributed by atoms with Gasteiger partial charge in [-0.15, -0.1) is 0 Å². The van der Waals surface area contributed by atoms with Crippen LogP contribution in [0.5, 0.6) is 11.5 Å². The van der Waals surface area contributed by atoms with E-state index in [1.54, 1.807) is 12.1 Å². The zero-order valence-corrected chi connectivity index (χ0v) is 9.57. The summed E-state index contributed by atoms with van der Waals surface area (Å²) in [6.45, 7) is 0.250. The largest absolute Gasteiger partial charge is 0.486 e. The van der Waals surface area contributed by atoms with Crippen LogP contribution in [0.25, 0.3) is 0 Å². The summed E-state index contributed by atoms with van der Waals surface area (Å²) in [6, 6.07) is 7.22. The first-order valence-corrected chi connectivity index (χ1v) is 6.59. The number of rotatable bonds is 3. The van der Waals surface area contributed by atoms with Crippen molar-refractivity contribution >= 4 is 10.1 Å². The Kier molecular flexibility index (Phi) is 3.02. The predicted octanol–water partition coefficient (Wildman–Crippen LogP) is 0.803. The van der Waals surface area contributed by atoms with E-state index in [-0.39, 0.29) is 13.2 Å². The van der Waals surface area contributed by atoms with Gasteiger partial charge in [-0.3, -0.25) is 4.18 Å². The van der Waals surface area contributed by atoms with E-state index in [2.05, 4.69) is 4.18 Å². The molecule has 0 saturated heterocycles. The molecule has 0 N–H and O–H groups in total. The van der Waals surface area contributed by atoms with Crippen LogP contribution < -0.4 is 9.47 Å². The fourth-order valence-electron chi connectivity index (χ4n) is 1.34. The smallest absolute Gasteiger partial charge is 0.264 e. The van der Waals surface area contributed by atoms with E-state index in [4.69, 9.17) is 9.47 Å². The molecular weight excluding hydrogens is 232 g/mol. The normalized spacial score (nSPS) is 19.4. The summed E-state index contributed by atoms with van der Waals surface area (Å²) in [4.78, 5) is 0. The molecule has 1 aliphatic rings. The van der Waals surface area contributed by atoms with E-state index in [0.29, 0.717) is 11.5 Å². The third-order valence-electron chi connectivity index (χ3n) is 2.04. The summed E-state index contributed by atoms with van der Waals surface area (Å²) in [5.41, 5.74) is 0. The molecule has 88 valence electrons. The quantitative estimate of drug-likeness (QED) is 0.736. The molecule has 0 spiro atoms. The van der Waals surface area contributed by atoms with Crippen LogP contribution >= 0.6 is 0 Å². The fraction of sp³-hybridized carbons (Fsp3) is 0.400. The van der Waals surface area contributed by atoms with Crippen LogP contribution in [-0.2, 0) is 14.3 Å². The highest BCUT2D eigenvalue weighted by atomic mass is 32.2. The second kappa shape index (κ2) is 4.31. The number of hydrogen-bond donors (Lipinski definition) is 0. The highest BCUT2D eigenvalue weighted by Gasteiger charge is 2.22. The molecule has 0 fully saturated rings. The van der Waals surface area contributed by atoms with Crippen molar-refractivity contribution in [1.82, 2.24) is 0 Å². The monoisotopic (exact) mass is 244 g/mol. The minimum atomic E-state index is -3.44. The van der Waals surface area contributed by atoms with E-state index < -0.39 is 16.2 Å². The van der Waals surface area contributed by atoms with Crippen LogP contribution in [0.4, 0.5) is 0 Å². The van der Waals surface area contributed by atoms with Crippen molar-refractivity contribution in [3.8, 4) is 11.5 Å². The zero-order chi connectivity index (χ0) is 11.6. The summed E-state index contributed by atoms with van der Waals surface area (Å²) in [7, 11) is -3.44. The highest BCUT2D eigenvalue weighted by Crippen LogP contribution is 2.30. The summed E-state index contributed by atoms with van der Waals surface area (Å²) in [6.07, 6.45) is 0.606. The van der Waals surface area contributed by atoms with Gasteiger partial charge in [-0.2, -0.15) is 8.42 Å². The Morgan fingerprint density at radius 3 is 2.75 bits per heavy atom. The molecule has 0 aliphatic carbocycles. The Balaban J connectivity index is 1.98. The maximum absolute atomic E-state index is 10.8. The van der Waals surface area contributed by atoms with Gasteiger partial charge in [0.15, 0.2) is 17.6 Å². The van der Waals surface area contributed by atoms with Gasteiger partial charge in [0.2, 0.25) is 0 Å². The third kappa shape index (κ3) is 2.86. The second-order valence-corrected chi connectivity index (χ2v) is 5.13. The number of fused-ring (bicyclic) bond motifs is 1. The van der Waals surface area contributed by atoms with Crippen molar-refractivity contribution in [1.29, 1.82) is 0 Å². The lowest BCUT2D eigenvalue weighted by molar-refractivity contribution is 0.0558. The van der Waals surface area contributed by atoms with Crippen LogP contribution in [0.3, 0.4) is 0 Å². The van der Waals surface area contributed by atoms with E-state index in [1.165, 1.54) is 0 Å². The Hall–Kier alpha value is -1.27. The van der Waals surface area contributed by atoms with Gasteiger partial charge in [0.25, 0.3) is 10.1 Å². The lowest BCUT2D eigenvalue weighted by Gasteiger charge is -2.25. The SMILES string of the molecule is CS(=O)(=O)OCC1COc2ccccc2O1. The molecule has 0 radical (unpaired) electrons. The Labute approximate surface area is 94.1 Å². The van der Waals surface area contributed by atoms with E-state index >= 15 is 0 Å². The molecule has 1 heterocycles. The first kappa shape index (κ1) is 11.2. The summed E-state index contributed by atoms with van der Waals surface area (Å²) >= 11 is 0. The zero-order valence-electron chi connectivity index (χ0n) is 8.75. The topological polar surface area (TPSA) is 61.8 Å².